The Balaban J connectivity index is 2.18. The number of nitrogens with one attached hydrogen (secondary N) is 2. The summed E-state index contributed by atoms with van der Waals surface area (Å²) in [4.78, 5) is 15.3. The van der Waals surface area contributed by atoms with Gasteiger partial charge in [-0.2, -0.15) is 0 Å². The van der Waals surface area contributed by atoms with Gasteiger partial charge in [-0.25, -0.2) is 19.0 Å². The number of sulfonamides is 1. The number of hydrazine groups is 1. The fourth-order valence-electron chi connectivity index (χ4n) is 1.74. The van der Waals surface area contributed by atoms with Crippen molar-refractivity contribution in [1.82, 2.24) is 19.7 Å². The number of nitrogens with zero attached hydrogens (tertiary/aromatic N) is 2. The van der Waals surface area contributed by atoms with Crippen LogP contribution in [0.5, 0.6) is 0 Å². The average molecular weight is 309 g/mol. The van der Waals surface area contributed by atoms with E-state index in [4.69, 9.17) is 5.84 Å². The molecule has 0 aromatic carbocycles. The highest BCUT2D eigenvalue weighted by Crippen LogP contribution is 2.13. The first-order valence-electron chi connectivity index (χ1n) is 6.00. The number of nitrogen functional groups attached to an aromatic ring is 1. The van der Waals surface area contributed by atoms with E-state index in [2.05, 4.69) is 9.71 Å². The van der Waals surface area contributed by atoms with Gasteiger partial charge in [-0.1, -0.05) is 0 Å². The first kappa shape index (κ1) is 15.2. The SMILES string of the molecule is Cn1cc(S(=O)(=O)NCc2ccncc2)cc1C(=O)NN. The van der Waals surface area contributed by atoms with Crippen LogP contribution in [0.25, 0.3) is 0 Å². The quantitative estimate of drug-likeness (QED) is 0.391. The number of hydrogen-bond donors (Lipinski definition) is 3. The fourth-order valence-corrected chi connectivity index (χ4v) is 2.83. The molecule has 0 spiro atoms. The van der Waals surface area contributed by atoms with Crippen LogP contribution < -0.4 is 16.0 Å². The van der Waals surface area contributed by atoms with E-state index in [9.17, 15) is 13.2 Å². The van der Waals surface area contributed by atoms with Gasteiger partial charge in [0.15, 0.2) is 0 Å². The summed E-state index contributed by atoms with van der Waals surface area (Å²) in [5.41, 5.74) is 2.90. The molecule has 0 saturated carbocycles. The maximum Gasteiger partial charge on any atom is 0.281 e. The van der Waals surface area contributed by atoms with Crippen LogP contribution in [-0.2, 0) is 23.6 Å². The van der Waals surface area contributed by atoms with Crippen molar-refractivity contribution < 1.29 is 13.2 Å². The van der Waals surface area contributed by atoms with E-state index in [1.807, 2.05) is 5.43 Å². The molecule has 0 aliphatic carbocycles. The highest BCUT2D eigenvalue weighted by Gasteiger charge is 2.19. The van der Waals surface area contributed by atoms with Gasteiger partial charge >= 0.3 is 0 Å². The van der Waals surface area contributed by atoms with E-state index in [0.29, 0.717) is 0 Å². The summed E-state index contributed by atoms with van der Waals surface area (Å²) >= 11 is 0. The van der Waals surface area contributed by atoms with E-state index in [1.165, 1.54) is 16.8 Å². The van der Waals surface area contributed by atoms with Crippen LogP contribution >= 0.6 is 0 Å². The van der Waals surface area contributed by atoms with Crippen LogP contribution in [0.1, 0.15) is 16.1 Å². The summed E-state index contributed by atoms with van der Waals surface area (Å²) in [6, 6.07) is 4.68. The fraction of sp³-hybridized carbons (Fsp3) is 0.167. The highest BCUT2D eigenvalue weighted by atomic mass is 32.2. The lowest BCUT2D eigenvalue weighted by Crippen LogP contribution is -2.31. The second kappa shape index (κ2) is 6.04. The zero-order valence-corrected chi connectivity index (χ0v) is 12.1. The summed E-state index contributed by atoms with van der Waals surface area (Å²) in [5, 5.41) is 0. The number of carbonyl (C=O) groups is 1. The Labute approximate surface area is 122 Å². The van der Waals surface area contributed by atoms with Gasteiger partial charge in [0.1, 0.15) is 10.6 Å². The molecule has 2 aromatic rings. The van der Waals surface area contributed by atoms with E-state index in [-0.39, 0.29) is 17.1 Å². The van der Waals surface area contributed by atoms with E-state index in [1.54, 1.807) is 31.6 Å². The molecule has 1 amide bonds. The molecule has 2 rings (SSSR count). The van der Waals surface area contributed by atoms with Gasteiger partial charge in [-0.15, -0.1) is 0 Å². The van der Waals surface area contributed by atoms with Crippen LogP contribution in [-0.4, -0.2) is 23.9 Å². The lowest BCUT2D eigenvalue weighted by atomic mass is 10.3. The molecule has 21 heavy (non-hydrogen) atoms. The first-order valence-corrected chi connectivity index (χ1v) is 7.48. The standard InChI is InChI=1S/C12H15N5O3S/c1-17-8-10(6-11(17)12(18)16-13)21(19,20)15-7-9-2-4-14-5-3-9/h2-6,8,15H,7,13H2,1H3,(H,16,18). The molecular weight excluding hydrogens is 294 g/mol. The third-order valence-electron chi connectivity index (χ3n) is 2.87. The molecule has 0 atom stereocenters. The Morgan fingerprint density at radius 3 is 2.67 bits per heavy atom. The zero-order valence-electron chi connectivity index (χ0n) is 11.3. The van der Waals surface area contributed by atoms with Crippen molar-refractivity contribution in [3.8, 4) is 0 Å². The minimum Gasteiger partial charge on any atom is -0.345 e. The summed E-state index contributed by atoms with van der Waals surface area (Å²) < 4.78 is 28.2. The van der Waals surface area contributed by atoms with Gasteiger partial charge in [0, 0.05) is 32.2 Å². The van der Waals surface area contributed by atoms with Crippen molar-refractivity contribution in [2.45, 2.75) is 11.4 Å². The van der Waals surface area contributed by atoms with Crippen molar-refractivity contribution in [2.75, 3.05) is 0 Å². The molecule has 0 fully saturated rings. The number of nitrogens with two attached hydrogens (primary N) is 1. The molecule has 0 aliphatic heterocycles. The van der Waals surface area contributed by atoms with Crippen LogP contribution in [0.4, 0.5) is 0 Å². The van der Waals surface area contributed by atoms with E-state index in [0.717, 1.165) is 5.56 Å². The Bertz CT molecular complexity index is 740. The van der Waals surface area contributed by atoms with Gasteiger partial charge in [0.2, 0.25) is 10.0 Å². The predicted molar refractivity (Wildman–Crippen MR) is 75.3 cm³/mol. The van der Waals surface area contributed by atoms with Gasteiger partial charge in [0.25, 0.3) is 5.91 Å². The van der Waals surface area contributed by atoms with Crippen LogP contribution in [0.3, 0.4) is 0 Å². The molecular formula is C12H15N5O3S. The van der Waals surface area contributed by atoms with Crippen LogP contribution in [0, 0.1) is 0 Å². The van der Waals surface area contributed by atoms with Crippen LogP contribution in [0.2, 0.25) is 0 Å². The lowest BCUT2D eigenvalue weighted by molar-refractivity contribution is 0.0945. The number of aryl methyl sites for hydroxylation is 1. The van der Waals surface area contributed by atoms with Gasteiger partial charge in [-0.3, -0.25) is 15.2 Å². The second-order valence-corrected chi connectivity index (χ2v) is 6.09. The molecule has 0 aliphatic rings. The monoisotopic (exact) mass is 309 g/mol. The van der Waals surface area contributed by atoms with Crippen molar-refractivity contribution >= 4 is 15.9 Å². The Hall–Kier alpha value is -2.23. The summed E-state index contributed by atoms with van der Waals surface area (Å²) in [7, 11) is -2.15. The van der Waals surface area contributed by atoms with Crippen molar-refractivity contribution in [1.29, 1.82) is 0 Å². The Kier molecular flexibility index (Phi) is 4.36. The smallest absolute Gasteiger partial charge is 0.281 e. The Morgan fingerprint density at radius 1 is 1.38 bits per heavy atom. The number of hydrogen-bond acceptors (Lipinski definition) is 5. The highest BCUT2D eigenvalue weighted by molar-refractivity contribution is 7.89. The van der Waals surface area contributed by atoms with E-state index >= 15 is 0 Å². The first-order chi connectivity index (χ1) is 9.94. The lowest BCUT2D eigenvalue weighted by Gasteiger charge is -2.04. The molecule has 112 valence electrons. The predicted octanol–water partition coefficient (Wildman–Crippen LogP) is -0.498. The molecule has 4 N–H and O–H groups in total. The zero-order chi connectivity index (χ0) is 15.5. The maximum absolute atomic E-state index is 12.2. The maximum atomic E-state index is 12.2. The normalized spacial score (nSPS) is 11.3. The minimum absolute atomic E-state index is 0.00217. The molecule has 0 unspecified atom stereocenters. The summed E-state index contributed by atoms with van der Waals surface area (Å²) in [6.07, 6.45) is 4.51. The van der Waals surface area contributed by atoms with E-state index < -0.39 is 15.9 Å². The topological polar surface area (TPSA) is 119 Å². The number of rotatable bonds is 5. The average Bonchev–Trinajstić information content (AvgIpc) is 2.88. The molecule has 2 heterocycles. The van der Waals surface area contributed by atoms with Gasteiger partial charge in [0.05, 0.1) is 0 Å². The van der Waals surface area contributed by atoms with Crippen molar-refractivity contribution in [3.63, 3.8) is 0 Å². The molecule has 9 heteroatoms. The minimum atomic E-state index is -3.71. The largest absolute Gasteiger partial charge is 0.345 e. The van der Waals surface area contributed by atoms with Crippen molar-refractivity contribution in [3.05, 3.63) is 48.0 Å². The van der Waals surface area contributed by atoms with Crippen LogP contribution in [0.15, 0.2) is 41.7 Å². The number of amides is 1. The molecule has 0 radical (unpaired) electrons. The van der Waals surface area contributed by atoms with Gasteiger partial charge in [-0.05, 0) is 23.8 Å². The molecule has 8 nitrogen and oxygen atoms in total. The number of pyridine rings is 1. The summed E-state index contributed by atoms with van der Waals surface area (Å²) in [5.74, 6) is 4.48. The third kappa shape index (κ3) is 3.45. The third-order valence-corrected chi connectivity index (χ3v) is 4.24. The second-order valence-electron chi connectivity index (χ2n) is 4.33. The molecule has 0 bridgehead atoms. The summed E-state index contributed by atoms with van der Waals surface area (Å²) in [6.45, 7) is 0.137. The Morgan fingerprint density at radius 2 is 2.05 bits per heavy atom. The van der Waals surface area contributed by atoms with Crippen molar-refractivity contribution in [2.24, 2.45) is 12.9 Å². The number of aromatic nitrogens is 2. The number of carbonyl (C=O) groups excluding carboxylic acids is 1. The van der Waals surface area contributed by atoms with Gasteiger partial charge < -0.3 is 4.57 Å². The molecule has 2 aromatic heterocycles. The molecule has 0 saturated heterocycles.